The Hall–Kier alpha value is -2.62. The molecule has 4 fully saturated rings. The Bertz CT molecular complexity index is 1090. The molecule has 4 aliphatic heterocycles. The summed E-state index contributed by atoms with van der Waals surface area (Å²) in [4.78, 5) is 47.6. The van der Waals surface area contributed by atoms with E-state index in [2.05, 4.69) is 0 Å². The predicted octanol–water partition coefficient (Wildman–Crippen LogP) is 1.84. The second-order valence-corrected chi connectivity index (χ2v) is 11.9. The largest absolute Gasteiger partial charge is 0.463 e. The number of fused-ring (bicyclic) bond motifs is 3. The molecule has 43 heavy (non-hydrogen) atoms. The monoisotopic (exact) mass is 614 g/mol. The molecule has 4 rings (SSSR count). The summed E-state index contributed by atoms with van der Waals surface area (Å²) >= 11 is 0. The third kappa shape index (κ3) is 8.31. The molecule has 0 bridgehead atoms. The second kappa shape index (κ2) is 13.2. The number of esters is 4. The highest BCUT2D eigenvalue weighted by Crippen LogP contribution is 2.44. The molecule has 14 nitrogen and oxygen atoms in total. The van der Waals surface area contributed by atoms with Gasteiger partial charge in [-0.15, -0.1) is 0 Å². The first-order valence-electron chi connectivity index (χ1n) is 14.4. The summed E-state index contributed by atoms with van der Waals surface area (Å²) in [6, 6.07) is 0. The number of rotatable bonds is 9. The molecule has 242 valence electrons. The van der Waals surface area contributed by atoms with Crippen LogP contribution in [-0.2, 0) is 66.5 Å². The van der Waals surface area contributed by atoms with E-state index in [9.17, 15) is 19.2 Å². The minimum absolute atomic E-state index is 0.196. The minimum atomic E-state index is -1.22. The van der Waals surface area contributed by atoms with Crippen molar-refractivity contribution in [3.8, 4) is 0 Å². The Balaban J connectivity index is 1.51. The summed E-state index contributed by atoms with van der Waals surface area (Å²) in [5, 5.41) is 0. The first-order chi connectivity index (χ1) is 20.0. The summed E-state index contributed by atoms with van der Waals surface area (Å²) in [5.74, 6) is -4.28. The van der Waals surface area contributed by atoms with Crippen molar-refractivity contribution < 1.29 is 66.5 Å². The molecule has 0 N–H and O–H groups in total. The SMILES string of the molecule is CC(=O)OC[C@H]1O[C@H](C/C=C/C[C@H]2O[C@@H]3OC(C)(C)O[C@@H]3[C@H]3OC(C)(C)O[C@H]32)[C@H](OC(C)=O)[C@@H](OC(C)=O)[C@H]1OC(C)=O. The smallest absolute Gasteiger partial charge is 0.303 e. The van der Waals surface area contributed by atoms with Crippen LogP contribution in [-0.4, -0.2) is 103 Å². The number of ether oxygens (including phenoxy) is 10. The number of hydrogen-bond acceptors (Lipinski definition) is 14. The van der Waals surface area contributed by atoms with E-state index in [1.807, 2.05) is 39.8 Å². The summed E-state index contributed by atoms with van der Waals surface area (Å²) in [6.45, 7) is 11.8. The topological polar surface area (TPSA) is 161 Å². The fourth-order valence-electron chi connectivity index (χ4n) is 5.85. The average molecular weight is 615 g/mol. The van der Waals surface area contributed by atoms with E-state index in [1.165, 1.54) is 27.7 Å². The van der Waals surface area contributed by atoms with E-state index in [0.717, 1.165) is 0 Å². The van der Waals surface area contributed by atoms with E-state index in [-0.39, 0.29) is 13.0 Å². The van der Waals surface area contributed by atoms with E-state index in [4.69, 9.17) is 47.4 Å². The van der Waals surface area contributed by atoms with Gasteiger partial charge in [-0.3, -0.25) is 19.2 Å². The maximum atomic E-state index is 12.1. The molecule has 4 aliphatic rings. The molecule has 0 amide bonds. The van der Waals surface area contributed by atoms with Gasteiger partial charge in [-0.25, -0.2) is 0 Å². The van der Waals surface area contributed by atoms with Crippen LogP contribution in [0.4, 0.5) is 0 Å². The normalized spacial score (nSPS) is 37.7. The van der Waals surface area contributed by atoms with Crippen molar-refractivity contribution in [2.24, 2.45) is 0 Å². The highest BCUT2D eigenvalue weighted by Gasteiger charge is 2.60. The molecule has 0 aromatic heterocycles. The van der Waals surface area contributed by atoms with Crippen LogP contribution in [0.5, 0.6) is 0 Å². The van der Waals surface area contributed by atoms with Crippen molar-refractivity contribution in [2.75, 3.05) is 6.61 Å². The van der Waals surface area contributed by atoms with Gasteiger partial charge in [0.15, 0.2) is 36.2 Å². The highest BCUT2D eigenvalue weighted by molar-refractivity contribution is 5.68. The predicted molar refractivity (Wildman–Crippen MR) is 143 cm³/mol. The van der Waals surface area contributed by atoms with Crippen LogP contribution >= 0.6 is 0 Å². The van der Waals surface area contributed by atoms with Crippen LogP contribution in [0.2, 0.25) is 0 Å². The van der Waals surface area contributed by atoms with Gasteiger partial charge in [0.25, 0.3) is 0 Å². The van der Waals surface area contributed by atoms with Crippen LogP contribution in [0, 0.1) is 0 Å². The van der Waals surface area contributed by atoms with Gasteiger partial charge in [-0.2, -0.15) is 0 Å². The zero-order valence-electron chi connectivity index (χ0n) is 25.8. The molecule has 0 aliphatic carbocycles. The van der Waals surface area contributed by atoms with Crippen molar-refractivity contribution in [3.63, 3.8) is 0 Å². The second-order valence-electron chi connectivity index (χ2n) is 11.9. The van der Waals surface area contributed by atoms with Crippen molar-refractivity contribution in [1.82, 2.24) is 0 Å². The zero-order chi connectivity index (χ0) is 31.7. The molecule has 0 spiro atoms. The fourth-order valence-corrected chi connectivity index (χ4v) is 5.85. The van der Waals surface area contributed by atoms with Crippen molar-refractivity contribution in [3.05, 3.63) is 12.2 Å². The fraction of sp³-hybridized carbons (Fsp3) is 0.793. The van der Waals surface area contributed by atoms with Crippen LogP contribution in [0.15, 0.2) is 12.2 Å². The third-order valence-electron chi connectivity index (χ3n) is 7.24. The zero-order valence-corrected chi connectivity index (χ0v) is 25.8. The lowest BCUT2D eigenvalue weighted by molar-refractivity contribution is -0.251. The molecule has 0 aromatic rings. The van der Waals surface area contributed by atoms with Gasteiger partial charge >= 0.3 is 23.9 Å². The van der Waals surface area contributed by atoms with Gasteiger partial charge in [-0.1, -0.05) is 12.2 Å². The molecule has 0 saturated carbocycles. The summed E-state index contributed by atoms with van der Waals surface area (Å²) in [6.07, 6.45) is -3.41. The lowest BCUT2D eigenvalue weighted by atomic mass is 9.92. The standard InChI is InChI=1S/C29H42O14/c1-14(30)34-13-20-22(36-16(3)32)24(37-17(4)33)21(35-15(2)31)18(38-20)11-9-10-12-19-23-25(41-28(5,6)40-23)26-27(39-19)43-29(7,8)42-26/h9-10,18-27H,11-13H2,1-8H3/b10-9+/t18-,19-,20-,21+,22+,23+,24-,25+,26-,27-/m1/s1. The first kappa shape index (κ1) is 33.3. The maximum Gasteiger partial charge on any atom is 0.303 e. The van der Waals surface area contributed by atoms with Crippen LogP contribution in [0.1, 0.15) is 68.2 Å². The van der Waals surface area contributed by atoms with Gasteiger partial charge in [-0.05, 0) is 40.5 Å². The Morgan fingerprint density at radius 1 is 0.581 bits per heavy atom. The molecular formula is C29H42O14. The first-order valence-corrected chi connectivity index (χ1v) is 14.4. The van der Waals surface area contributed by atoms with Crippen molar-refractivity contribution in [1.29, 1.82) is 0 Å². The number of carbonyl (C=O) groups is 4. The number of carbonyl (C=O) groups excluding carboxylic acids is 4. The Morgan fingerprint density at radius 3 is 1.65 bits per heavy atom. The van der Waals surface area contributed by atoms with Gasteiger partial charge in [0.2, 0.25) is 0 Å². The quantitative estimate of drug-likeness (QED) is 0.210. The van der Waals surface area contributed by atoms with Gasteiger partial charge < -0.3 is 47.4 Å². The molecule has 14 heteroatoms. The van der Waals surface area contributed by atoms with Gasteiger partial charge in [0.1, 0.15) is 37.1 Å². The number of hydrogen-bond donors (Lipinski definition) is 0. The Kier molecular flexibility index (Phi) is 10.2. The molecular weight excluding hydrogens is 572 g/mol. The van der Waals surface area contributed by atoms with Crippen LogP contribution in [0.25, 0.3) is 0 Å². The minimum Gasteiger partial charge on any atom is -0.463 e. The van der Waals surface area contributed by atoms with E-state index in [0.29, 0.717) is 6.42 Å². The van der Waals surface area contributed by atoms with Gasteiger partial charge in [0, 0.05) is 27.7 Å². The molecule has 4 heterocycles. The summed E-state index contributed by atoms with van der Waals surface area (Å²) in [5.41, 5.74) is 0. The third-order valence-corrected chi connectivity index (χ3v) is 7.24. The molecule has 10 atom stereocenters. The summed E-state index contributed by atoms with van der Waals surface area (Å²) in [7, 11) is 0. The molecule has 0 aromatic carbocycles. The maximum absolute atomic E-state index is 12.1. The molecule has 0 unspecified atom stereocenters. The van der Waals surface area contributed by atoms with Gasteiger partial charge in [0.05, 0.1) is 6.10 Å². The van der Waals surface area contributed by atoms with Crippen LogP contribution < -0.4 is 0 Å². The van der Waals surface area contributed by atoms with Crippen molar-refractivity contribution >= 4 is 23.9 Å². The van der Waals surface area contributed by atoms with E-state index in [1.54, 1.807) is 0 Å². The summed E-state index contributed by atoms with van der Waals surface area (Å²) < 4.78 is 58.3. The average Bonchev–Trinajstić information content (AvgIpc) is 3.36. The van der Waals surface area contributed by atoms with E-state index >= 15 is 0 Å². The Labute approximate surface area is 250 Å². The van der Waals surface area contributed by atoms with E-state index < -0.39 is 96.7 Å². The van der Waals surface area contributed by atoms with Crippen LogP contribution in [0.3, 0.4) is 0 Å². The lowest BCUT2D eigenvalue weighted by Crippen LogP contribution is -2.62. The molecule has 0 radical (unpaired) electrons. The molecule has 4 saturated heterocycles. The highest BCUT2D eigenvalue weighted by atomic mass is 16.9. The Morgan fingerprint density at radius 2 is 1.07 bits per heavy atom. The lowest BCUT2D eigenvalue weighted by Gasteiger charge is -2.44. The van der Waals surface area contributed by atoms with Crippen molar-refractivity contribution in [2.45, 2.75) is 141 Å².